The molecule has 1 atom stereocenters. The smallest absolute Gasteiger partial charge is 0.260 e. The molecule has 0 fully saturated rings. The van der Waals surface area contributed by atoms with Gasteiger partial charge in [-0.2, -0.15) is 0 Å². The molecule has 0 aliphatic rings. The summed E-state index contributed by atoms with van der Waals surface area (Å²) in [6, 6.07) is 16.1. The van der Waals surface area contributed by atoms with Gasteiger partial charge < -0.3 is 14.8 Å². The summed E-state index contributed by atoms with van der Waals surface area (Å²) in [5, 5.41) is 2.96. The van der Waals surface area contributed by atoms with E-state index < -0.39 is 6.10 Å². The molecule has 0 spiro atoms. The maximum absolute atomic E-state index is 12.3. The van der Waals surface area contributed by atoms with Crippen LogP contribution in [-0.4, -0.2) is 24.7 Å². The number of hydrogen-bond acceptors (Lipinski definition) is 3. The lowest BCUT2D eigenvalue weighted by molar-refractivity contribution is -0.127. The number of nitrogens with one attached hydrogen (secondary N) is 1. The van der Waals surface area contributed by atoms with Gasteiger partial charge in [0.1, 0.15) is 11.5 Å². The lowest BCUT2D eigenvalue weighted by Gasteiger charge is -2.20. The van der Waals surface area contributed by atoms with Crippen molar-refractivity contribution in [1.82, 2.24) is 5.32 Å². The van der Waals surface area contributed by atoms with E-state index in [-0.39, 0.29) is 17.4 Å². The first-order valence-electron chi connectivity index (χ1n) is 10.5. The molecule has 2 rings (SSSR count). The topological polar surface area (TPSA) is 47.6 Å². The van der Waals surface area contributed by atoms with Crippen LogP contribution in [0.25, 0.3) is 0 Å². The van der Waals surface area contributed by atoms with Gasteiger partial charge in [-0.05, 0) is 74.4 Å². The second-order valence-electron chi connectivity index (χ2n) is 8.74. The number of hydrogen-bond donors (Lipinski definition) is 1. The molecule has 1 N–H and O–H groups in total. The Morgan fingerprint density at radius 1 is 0.897 bits per heavy atom. The number of rotatable bonds is 9. The Balaban J connectivity index is 1.72. The maximum atomic E-state index is 12.3. The van der Waals surface area contributed by atoms with Crippen molar-refractivity contribution in [2.24, 2.45) is 0 Å². The molecule has 0 unspecified atom stereocenters. The molecule has 0 saturated carbocycles. The summed E-state index contributed by atoms with van der Waals surface area (Å²) in [6.07, 6.45) is 1.44. The van der Waals surface area contributed by atoms with Crippen molar-refractivity contribution in [1.29, 1.82) is 0 Å². The molecule has 0 heterocycles. The van der Waals surface area contributed by atoms with E-state index in [9.17, 15) is 4.79 Å². The van der Waals surface area contributed by atoms with Gasteiger partial charge >= 0.3 is 0 Å². The zero-order valence-electron chi connectivity index (χ0n) is 18.6. The number of carbonyl (C=O) groups is 1. The zero-order valence-corrected chi connectivity index (χ0v) is 18.6. The third-order valence-electron chi connectivity index (χ3n) is 4.64. The molecule has 4 heteroatoms. The van der Waals surface area contributed by atoms with Crippen LogP contribution in [0.4, 0.5) is 0 Å². The molecule has 0 aliphatic carbocycles. The molecule has 0 radical (unpaired) electrons. The quantitative estimate of drug-likeness (QED) is 0.585. The number of aryl methyl sites for hydroxylation is 1. The average molecular weight is 398 g/mol. The van der Waals surface area contributed by atoms with E-state index in [0.717, 1.165) is 18.6 Å². The summed E-state index contributed by atoms with van der Waals surface area (Å²) in [5.41, 5.74) is 2.58. The van der Waals surface area contributed by atoms with Gasteiger partial charge in [0.25, 0.3) is 5.91 Å². The number of carbonyl (C=O) groups excluding carboxylic acids is 1. The summed E-state index contributed by atoms with van der Waals surface area (Å²) in [5.74, 6) is 1.51. The summed E-state index contributed by atoms with van der Waals surface area (Å²) in [6.45, 7) is 13.0. The lowest BCUT2D eigenvalue weighted by Crippen LogP contribution is -2.36. The van der Waals surface area contributed by atoms with Crippen LogP contribution in [0.5, 0.6) is 11.5 Å². The summed E-state index contributed by atoms with van der Waals surface area (Å²) in [7, 11) is 0. The highest BCUT2D eigenvalue weighted by atomic mass is 16.5. The first-order valence-corrected chi connectivity index (χ1v) is 10.5. The molecule has 4 nitrogen and oxygen atoms in total. The molecule has 2 aromatic rings. The van der Waals surface area contributed by atoms with Gasteiger partial charge in [0.05, 0.1) is 6.10 Å². The lowest BCUT2D eigenvalue weighted by atomic mass is 9.87. The van der Waals surface area contributed by atoms with Crippen LogP contribution >= 0.6 is 0 Å². The highest BCUT2D eigenvalue weighted by molar-refractivity contribution is 5.80. The monoisotopic (exact) mass is 397 g/mol. The number of amides is 1. The highest BCUT2D eigenvalue weighted by Gasteiger charge is 2.16. The van der Waals surface area contributed by atoms with Crippen molar-refractivity contribution >= 4 is 5.91 Å². The Hall–Kier alpha value is -2.49. The minimum atomic E-state index is -0.525. The van der Waals surface area contributed by atoms with Crippen molar-refractivity contribution in [3.05, 3.63) is 59.7 Å². The molecular formula is C25H35NO3. The van der Waals surface area contributed by atoms with Gasteiger partial charge in [0.2, 0.25) is 0 Å². The van der Waals surface area contributed by atoms with E-state index in [2.05, 4.69) is 50.4 Å². The van der Waals surface area contributed by atoms with Gasteiger partial charge in [-0.15, -0.1) is 0 Å². The van der Waals surface area contributed by atoms with Gasteiger partial charge in [-0.3, -0.25) is 4.79 Å². The van der Waals surface area contributed by atoms with E-state index in [0.29, 0.717) is 12.3 Å². The van der Waals surface area contributed by atoms with E-state index in [1.54, 1.807) is 6.92 Å². The highest BCUT2D eigenvalue weighted by Crippen LogP contribution is 2.24. The predicted molar refractivity (Wildman–Crippen MR) is 119 cm³/mol. The van der Waals surface area contributed by atoms with Crippen LogP contribution in [0.3, 0.4) is 0 Å². The standard InChI is InChI=1S/C25H35NO3/c1-18(2)28-22-13-9-20(10-14-22)8-7-17-26-24(27)19(3)29-23-15-11-21(12-16-23)25(4,5)6/h9-16,18-19H,7-8,17H2,1-6H3,(H,26,27)/t19-/m0/s1. The SMILES string of the molecule is CC(C)Oc1ccc(CCCNC(=O)[C@H](C)Oc2ccc(C(C)(C)C)cc2)cc1. The minimum Gasteiger partial charge on any atom is -0.491 e. The van der Waals surface area contributed by atoms with Crippen molar-refractivity contribution in [3.63, 3.8) is 0 Å². The summed E-state index contributed by atoms with van der Waals surface area (Å²) >= 11 is 0. The minimum absolute atomic E-state index is 0.0921. The van der Waals surface area contributed by atoms with Gasteiger partial charge in [-0.1, -0.05) is 45.0 Å². The van der Waals surface area contributed by atoms with Crippen molar-refractivity contribution in [2.75, 3.05) is 6.54 Å². The molecule has 0 aliphatic heterocycles. The third-order valence-corrected chi connectivity index (χ3v) is 4.64. The third kappa shape index (κ3) is 7.80. The van der Waals surface area contributed by atoms with E-state index in [4.69, 9.17) is 9.47 Å². The maximum Gasteiger partial charge on any atom is 0.260 e. The summed E-state index contributed by atoms with van der Waals surface area (Å²) < 4.78 is 11.4. The number of ether oxygens (including phenoxy) is 2. The van der Waals surface area contributed by atoms with Crippen molar-refractivity contribution in [3.8, 4) is 11.5 Å². The first kappa shape index (κ1) is 22.8. The van der Waals surface area contributed by atoms with Gasteiger partial charge in [0.15, 0.2) is 6.10 Å². The Labute approximate surface area is 175 Å². The van der Waals surface area contributed by atoms with Crippen LogP contribution in [0.15, 0.2) is 48.5 Å². The molecule has 0 saturated heterocycles. The molecule has 1 amide bonds. The molecule has 0 bridgehead atoms. The molecule has 0 aromatic heterocycles. The van der Waals surface area contributed by atoms with Gasteiger partial charge in [0, 0.05) is 6.54 Å². The largest absolute Gasteiger partial charge is 0.491 e. The van der Waals surface area contributed by atoms with E-state index in [1.807, 2.05) is 38.1 Å². The molecular weight excluding hydrogens is 362 g/mol. The number of benzene rings is 2. The normalized spacial score (nSPS) is 12.5. The average Bonchev–Trinajstić information content (AvgIpc) is 2.65. The Morgan fingerprint density at radius 3 is 2.00 bits per heavy atom. The second kappa shape index (κ2) is 10.3. The van der Waals surface area contributed by atoms with E-state index in [1.165, 1.54) is 11.1 Å². The van der Waals surface area contributed by atoms with E-state index >= 15 is 0 Å². The zero-order chi connectivity index (χ0) is 21.4. The fraction of sp³-hybridized carbons (Fsp3) is 0.480. The first-order chi connectivity index (χ1) is 13.6. The fourth-order valence-corrected chi connectivity index (χ4v) is 2.95. The Kier molecular flexibility index (Phi) is 8.12. The van der Waals surface area contributed by atoms with Crippen molar-refractivity contribution < 1.29 is 14.3 Å². The van der Waals surface area contributed by atoms with Crippen LogP contribution in [0.1, 0.15) is 59.1 Å². The second-order valence-corrected chi connectivity index (χ2v) is 8.74. The molecule has 158 valence electrons. The fourth-order valence-electron chi connectivity index (χ4n) is 2.95. The summed E-state index contributed by atoms with van der Waals surface area (Å²) in [4.78, 5) is 12.3. The predicted octanol–water partition coefficient (Wildman–Crippen LogP) is 5.29. The Morgan fingerprint density at radius 2 is 1.45 bits per heavy atom. The van der Waals surface area contributed by atoms with Crippen LogP contribution < -0.4 is 14.8 Å². The van der Waals surface area contributed by atoms with Crippen molar-refractivity contribution in [2.45, 2.75) is 72.0 Å². The molecule has 29 heavy (non-hydrogen) atoms. The van der Waals surface area contributed by atoms with Crippen LogP contribution in [-0.2, 0) is 16.6 Å². The van der Waals surface area contributed by atoms with Crippen LogP contribution in [0, 0.1) is 0 Å². The Bertz CT molecular complexity index is 758. The van der Waals surface area contributed by atoms with Crippen LogP contribution in [0.2, 0.25) is 0 Å². The van der Waals surface area contributed by atoms with Gasteiger partial charge in [-0.25, -0.2) is 0 Å². The molecule has 2 aromatic carbocycles.